The van der Waals surface area contributed by atoms with Crippen LogP contribution in [0.15, 0.2) is 30.3 Å². The van der Waals surface area contributed by atoms with Gasteiger partial charge in [0, 0.05) is 6.54 Å². The summed E-state index contributed by atoms with van der Waals surface area (Å²) < 4.78 is 24.7. The monoisotopic (exact) mass is 255 g/mol. The standard InChI is InChI=1S/C12H17NO3S/c1-17(15,16)13-9-12(14,11-7-8-11)10-5-3-2-4-6-10/h2-6,11,13-14H,7-9H2,1H3/t12-/m1/s1. The number of sulfonamides is 1. The highest BCUT2D eigenvalue weighted by Crippen LogP contribution is 2.45. The third kappa shape index (κ3) is 3.06. The number of hydrogen-bond acceptors (Lipinski definition) is 3. The van der Waals surface area contributed by atoms with Crippen LogP contribution in [-0.4, -0.2) is 26.3 Å². The first-order valence-corrected chi connectivity index (χ1v) is 7.53. The van der Waals surface area contributed by atoms with E-state index in [1.807, 2.05) is 30.3 Å². The Hall–Kier alpha value is -0.910. The van der Waals surface area contributed by atoms with Crippen LogP contribution < -0.4 is 4.72 Å². The summed E-state index contributed by atoms with van der Waals surface area (Å²) in [6.45, 7) is 0.0422. The number of hydrogen-bond donors (Lipinski definition) is 2. The minimum absolute atomic E-state index is 0.0422. The van der Waals surface area contributed by atoms with Gasteiger partial charge < -0.3 is 5.11 Å². The molecule has 17 heavy (non-hydrogen) atoms. The summed E-state index contributed by atoms with van der Waals surface area (Å²) in [5, 5.41) is 10.7. The van der Waals surface area contributed by atoms with E-state index >= 15 is 0 Å². The molecule has 1 aromatic rings. The van der Waals surface area contributed by atoms with Crippen molar-refractivity contribution in [2.45, 2.75) is 18.4 Å². The van der Waals surface area contributed by atoms with Crippen LogP contribution in [0.2, 0.25) is 0 Å². The number of nitrogens with one attached hydrogen (secondary N) is 1. The van der Waals surface area contributed by atoms with Crippen LogP contribution in [0, 0.1) is 5.92 Å². The molecule has 0 radical (unpaired) electrons. The molecule has 0 heterocycles. The topological polar surface area (TPSA) is 66.4 Å². The largest absolute Gasteiger partial charge is 0.383 e. The van der Waals surface area contributed by atoms with Crippen molar-refractivity contribution in [3.8, 4) is 0 Å². The van der Waals surface area contributed by atoms with E-state index in [1.165, 1.54) is 0 Å². The Morgan fingerprint density at radius 1 is 1.35 bits per heavy atom. The summed E-state index contributed by atoms with van der Waals surface area (Å²) in [7, 11) is -3.28. The third-order valence-electron chi connectivity index (χ3n) is 3.13. The lowest BCUT2D eigenvalue weighted by atomic mass is 9.89. The lowest BCUT2D eigenvalue weighted by Gasteiger charge is -2.28. The first-order chi connectivity index (χ1) is 7.92. The van der Waals surface area contributed by atoms with Gasteiger partial charge in [-0.05, 0) is 24.3 Å². The average Bonchev–Trinajstić information content (AvgIpc) is 3.10. The van der Waals surface area contributed by atoms with E-state index in [1.54, 1.807) is 0 Å². The van der Waals surface area contributed by atoms with Gasteiger partial charge in [-0.15, -0.1) is 0 Å². The second kappa shape index (κ2) is 4.40. The number of aliphatic hydroxyl groups is 1. The molecule has 1 aliphatic rings. The normalized spacial score (nSPS) is 19.9. The van der Waals surface area contributed by atoms with Gasteiger partial charge in [-0.25, -0.2) is 13.1 Å². The molecule has 4 nitrogen and oxygen atoms in total. The Bertz CT molecular complexity index is 482. The Kier molecular flexibility index (Phi) is 3.25. The van der Waals surface area contributed by atoms with E-state index in [4.69, 9.17) is 0 Å². The fourth-order valence-corrected chi connectivity index (χ4v) is 2.49. The second-order valence-corrected chi connectivity index (χ2v) is 6.49. The van der Waals surface area contributed by atoms with Gasteiger partial charge in [0.2, 0.25) is 10.0 Å². The molecule has 5 heteroatoms. The van der Waals surface area contributed by atoms with Crippen molar-refractivity contribution in [2.24, 2.45) is 5.92 Å². The summed E-state index contributed by atoms with van der Waals surface area (Å²) in [4.78, 5) is 0. The highest BCUT2D eigenvalue weighted by atomic mass is 32.2. The fourth-order valence-electron chi connectivity index (χ4n) is 2.01. The van der Waals surface area contributed by atoms with E-state index in [0.717, 1.165) is 24.7 Å². The van der Waals surface area contributed by atoms with Crippen LogP contribution in [0.3, 0.4) is 0 Å². The zero-order valence-corrected chi connectivity index (χ0v) is 10.6. The quantitative estimate of drug-likeness (QED) is 0.819. The van der Waals surface area contributed by atoms with Crippen LogP contribution in [0.5, 0.6) is 0 Å². The maximum Gasteiger partial charge on any atom is 0.208 e. The average molecular weight is 255 g/mol. The van der Waals surface area contributed by atoms with Crippen LogP contribution in [0.1, 0.15) is 18.4 Å². The molecular weight excluding hydrogens is 238 g/mol. The Morgan fingerprint density at radius 3 is 2.41 bits per heavy atom. The van der Waals surface area contributed by atoms with Crippen molar-refractivity contribution in [1.29, 1.82) is 0 Å². The van der Waals surface area contributed by atoms with Gasteiger partial charge in [0.1, 0.15) is 5.60 Å². The third-order valence-corrected chi connectivity index (χ3v) is 3.80. The van der Waals surface area contributed by atoms with Gasteiger partial charge in [-0.2, -0.15) is 0 Å². The van der Waals surface area contributed by atoms with E-state index in [-0.39, 0.29) is 12.5 Å². The van der Waals surface area contributed by atoms with E-state index in [9.17, 15) is 13.5 Å². The molecule has 2 rings (SSSR count). The molecule has 1 atom stereocenters. The molecule has 1 aromatic carbocycles. The van der Waals surface area contributed by atoms with Gasteiger partial charge in [0.15, 0.2) is 0 Å². The molecule has 2 N–H and O–H groups in total. The van der Waals surface area contributed by atoms with Gasteiger partial charge in [0.05, 0.1) is 6.26 Å². The Balaban J connectivity index is 2.21. The second-order valence-electron chi connectivity index (χ2n) is 4.66. The van der Waals surface area contributed by atoms with Crippen molar-refractivity contribution < 1.29 is 13.5 Å². The highest BCUT2D eigenvalue weighted by molar-refractivity contribution is 7.88. The molecule has 0 saturated heterocycles. The van der Waals surface area contributed by atoms with E-state index < -0.39 is 15.6 Å². The van der Waals surface area contributed by atoms with Crippen molar-refractivity contribution in [2.75, 3.05) is 12.8 Å². The maximum atomic E-state index is 11.1. The minimum atomic E-state index is -3.28. The Labute approximate surface area is 102 Å². The molecule has 1 saturated carbocycles. The smallest absolute Gasteiger partial charge is 0.208 e. The van der Waals surface area contributed by atoms with E-state index in [0.29, 0.717) is 0 Å². The molecular formula is C12H17NO3S. The van der Waals surface area contributed by atoms with Gasteiger partial charge >= 0.3 is 0 Å². The first-order valence-electron chi connectivity index (χ1n) is 5.64. The molecule has 1 aliphatic carbocycles. The van der Waals surface area contributed by atoms with Crippen molar-refractivity contribution in [3.63, 3.8) is 0 Å². The summed E-state index contributed by atoms with van der Waals surface area (Å²) in [6, 6.07) is 9.25. The predicted molar refractivity (Wildman–Crippen MR) is 65.9 cm³/mol. The van der Waals surface area contributed by atoms with Gasteiger partial charge in [-0.1, -0.05) is 30.3 Å². The lowest BCUT2D eigenvalue weighted by molar-refractivity contribution is 0.0186. The van der Waals surface area contributed by atoms with Crippen LogP contribution in [0.4, 0.5) is 0 Å². The van der Waals surface area contributed by atoms with Gasteiger partial charge in [0.25, 0.3) is 0 Å². The highest BCUT2D eigenvalue weighted by Gasteiger charge is 2.45. The molecule has 0 aliphatic heterocycles. The zero-order chi connectivity index (χ0) is 12.5. The Morgan fingerprint density at radius 2 is 1.94 bits per heavy atom. The van der Waals surface area contributed by atoms with Crippen LogP contribution >= 0.6 is 0 Å². The maximum absolute atomic E-state index is 11.1. The van der Waals surface area contributed by atoms with Crippen molar-refractivity contribution >= 4 is 10.0 Å². The van der Waals surface area contributed by atoms with Crippen LogP contribution in [-0.2, 0) is 15.6 Å². The zero-order valence-electron chi connectivity index (χ0n) is 9.76. The predicted octanol–water partition coefficient (Wildman–Crippen LogP) is 0.833. The van der Waals surface area contributed by atoms with Crippen LogP contribution in [0.25, 0.3) is 0 Å². The molecule has 0 aromatic heterocycles. The molecule has 1 fully saturated rings. The molecule has 0 spiro atoms. The summed E-state index contributed by atoms with van der Waals surface area (Å²) >= 11 is 0. The molecule has 0 amide bonds. The van der Waals surface area contributed by atoms with Crippen molar-refractivity contribution in [1.82, 2.24) is 4.72 Å². The number of benzene rings is 1. The summed E-state index contributed by atoms with van der Waals surface area (Å²) in [6.07, 6.45) is 2.99. The summed E-state index contributed by atoms with van der Waals surface area (Å²) in [5.74, 6) is 0.152. The molecule has 94 valence electrons. The van der Waals surface area contributed by atoms with Crippen molar-refractivity contribution in [3.05, 3.63) is 35.9 Å². The summed E-state index contributed by atoms with van der Waals surface area (Å²) in [5.41, 5.74) is -0.302. The number of rotatable bonds is 5. The molecule has 0 unspecified atom stereocenters. The minimum Gasteiger partial charge on any atom is -0.383 e. The first kappa shape index (κ1) is 12.5. The van der Waals surface area contributed by atoms with Gasteiger partial charge in [-0.3, -0.25) is 0 Å². The van der Waals surface area contributed by atoms with E-state index in [2.05, 4.69) is 4.72 Å². The lowest BCUT2D eigenvalue weighted by Crippen LogP contribution is -2.42. The fraction of sp³-hybridized carbons (Fsp3) is 0.500. The molecule has 0 bridgehead atoms. The SMILES string of the molecule is CS(=O)(=O)NC[C@@](O)(c1ccccc1)C1CC1.